The maximum atomic E-state index is 5.66. The zero-order chi connectivity index (χ0) is 22.8. The first-order valence-corrected chi connectivity index (χ1v) is 11.0. The van der Waals surface area contributed by atoms with Gasteiger partial charge in [-0.15, -0.1) is 0 Å². The number of guanidine groups is 1. The first kappa shape index (κ1) is 23.7. The van der Waals surface area contributed by atoms with E-state index in [9.17, 15) is 0 Å². The average Bonchev–Trinajstić information content (AvgIpc) is 2.86. The van der Waals surface area contributed by atoms with Crippen LogP contribution in [0, 0.1) is 0 Å². The Morgan fingerprint density at radius 3 is 2.28 bits per heavy atom. The molecule has 7 heteroatoms. The van der Waals surface area contributed by atoms with Gasteiger partial charge in [0.05, 0.1) is 21.3 Å². The Hall–Kier alpha value is -2.93. The van der Waals surface area contributed by atoms with Crippen molar-refractivity contribution in [3.63, 3.8) is 0 Å². The summed E-state index contributed by atoms with van der Waals surface area (Å²) in [6.45, 7) is 3.07. The molecule has 7 nitrogen and oxygen atoms in total. The van der Waals surface area contributed by atoms with Crippen LogP contribution in [0.25, 0.3) is 0 Å². The van der Waals surface area contributed by atoms with Crippen LogP contribution in [0.3, 0.4) is 0 Å². The zero-order valence-corrected chi connectivity index (χ0v) is 19.6. The van der Waals surface area contributed by atoms with Gasteiger partial charge in [-0.25, -0.2) is 0 Å². The topological polar surface area (TPSA) is 73.3 Å². The van der Waals surface area contributed by atoms with Crippen molar-refractivity contribution >= 4 is 5.96 Å². The molecule has 0 aromatic heterocycles. The second-order valence-electron chi connectivity index (χ2n) is 7.91. The van der Waals surface area contributed by atoms with Crippen molar-refractivity contribution in [2.45, 2.75) is 24.7 Å². The lowest BCUT2D eigenvalue weighted by molar-refractivity contribution is 0.0513. The van der Waals surface area contributed by atoms with Crippen LogP contribution in [0.2, 0.25) is 0 Å². The molecular weight excluding hydrogens is 406 g/mol. The normalized spacial score (nSPS) is 15.7. The van der Waals surface area contributed by atoms with Gasteiger partial charge in [0, 0.05) is 38.8 Å². The van der Waals surface area contributed by atoms with Crippen molar-refractivity contribution in [2.75, 3.05) is 54.7 Å². The van der Waals surface area contributed by atoms with Crippen molar-refractivity contribution in [3.8, 4) is 17.2 Å². The molecule has 1 aliphatic rings. The molecule has 0 aliphatic carbocycles. The lowest BCUT2D eigenvalue weighted by atomic mass is 9.74. The smallest absolute Gasteiger partial charge is 0.191 e. The van der Waals surface area contributed by atoms with E-state index in [1.54, 1.807) is 28.4 Å². The third-order valence-electron chi connectivity index (χ3n) is 6.12. The molecular formula is C25H35N3O4. The van der Waals surface area contributed by atoms with E-state index in [1.807, 2.05) is 24.3 Å². The van der Waals surface area contributed by atoms with Crippen LogP contribution in [-0.4, -0.2) is 60.6 Å². The van der Waals surface area contributed by atoms with Crippen LogP contribution in [0.1, 0.15) is 24.0 Å². The SMILES string of the molecule is CN=C(NCCc1ccc(OC)c(OC)c1)NCC1(c2ccc(OC)cc2)CCOCC1. The fraction of sp³-hybridized carbons (Fsp3) is 0.480. The van der Waals surface area contributed by atoms with E-state index in [1.165, 1.54) is 11.1 Å². The number of hydrogen-bond acceptors (Lipinski definition) is 5. The fourth-order valence-corrected chi connectivity index (χ4v) is 4.11. The first-order chi connectivity index (χ1) is 15.6. The van der Waals surface area contributed by atoms with E-state index in [4.69, 9.17) is 18.9 Å². The Bertz CT molecular complexity index is 877. The highest BCUT2D eigenvalue weighted by Crippen LogP contribution is 2.35. The molecule has 0 radical (unpaired) electrons. The fourth-order valence-electron chi connectivity index (χ4n) is 4.11. The monoisotopic (exact) mass is 441 g/mol. The van der Waals surface area contributed by atoms with Gasteiger partial charge in [0.2, 0.25) is 0 Å². The molecule has 2 aromatic carbocycles. The van der Waals surface area contributed by atoms with Crippen LogP contribution >= 0.6 is 0 Å². The van der Waals surface area contributed by atoms with Crippen molar-refractivity contribution in [2.24, 2.45) is 4.99 Å². The second-order valence-corrected chi connectivity index (χ2v) is 7.91. The Labute approximate surface area is 191 Å². The number of nitrogens with one attached hydrogen (secondary N) is 2. The van der Waals surface area contributed by atoms with Crippen LogP contribution in [0.4, 0.5) is 0 Å². The average molecular weight is 442 g/mol. The minimum Gasteiger partial charge on any atom is -0.497 e. The van der Waals surface area contributed by atoms with Gasteiger partial charge < -0.3 is 29.6 Å². The van der Waals surface area contributed by atoms with Crippen LogP contribution in [-0.2, 0) is 16.6 Å². The standard InChI is InChI=1S/C25H35N3O4/c1-26-24(27-14-11-19-5-10-22(30-3)23(17-19)31-4)28-18-25(12-15-32-16-13-25)20-6-8-21(29-2)9-7-20/h5-10,17H,11-16,18H2,1-4H3,(H2,26,27,28). The maximum absolute atomic E-state index is 5.66. The molecule has 0 amide bonds. The molecule has 0 unspecified atom stereocenters. The Kier molecular flexibility index (Phi) is 8.62. The summed E-state index contributed by atoms with van der Waals surface area (Å²) in [7, 11) is 6.79. The number of nitrogens with zero attached hydrogens (tertiary/aromatic N) is 1. The molecule has 1 heterocycles. The van der Waals surface area contributed by atoms with E-state index in [0.717, 1.165) is 68.8 Å². The summed E-state index contributed by atoms with van der Waals surface area (Å²) in [6.07, 6.45) is 2.78. The number of aliphatic imine (C=N–C) groups is 1. The van der Waals surface area contributed by atoms with Crippen LogP contribution < -0.4 is 24.8 Å². The van der Waals surface area contributed by atoms with Crippen molar-refractivity contribution < 1.29 is 18.9 Å². The predicted molar refractivity (Wildman–Crippen MR) is 127 cm³/mol. The Balaban J connectivity index is 1.59. The molecule has 32 heavy (non-hydrogen) atoms. The summed E-state index contributed by atoms with van der Waals surface area (Å²) in [5, 5.41) is 6.97. The van der Waals surface area contributed by atoms with Crippen molar-refractivity contribution in [1.29, 1.82) is 0 Å². The third kappa shape index (κ3) is 5.85. The molecule has 3 rings (SSSR count). The second kappa shape index (κ2) is 11.6. The zero-order valence-electron chi connectivity index (χ0n) is 19.6. The molecule has 2 N–H and O–H groups in total. The lowest BCUT2D eigenvalue weighted by Gasteiger charge is -2.38. The summed E-state index contributed by atoms with van der Waals surface area (Å²) in [5.41, 5.74) is 2.48. The van der Waals surface area contributed by atoms with E-state index >= 15 is 0 Å². The molecule has 1 saturated heterocycles. The highest BCUT2D eigenvalue weighted by atomic mass is 16.5. The number of benzene rings is 2. The van der Waals surface area contributed by atoms with Gasteiger partial charge in [0.25, 0.3) is 0 Å². The van der Waals surface area contributed by atoms with Gasteiger partial charge in [0.15, 0.2) is 17.5 Å². The van der Waals surface area contributed by atoms with Gasteiger partial charge in [-0.1, -0.05) is 18.2 Å². The molecule has 0 bridgehead atoms. The summed E-state index contributed by atoms with van der Waals surface area (Å²) in [6, 6.07) is 14.4. The highest BCUT2D eigenvalue weighted by molar-refractivity contribution is 5.79. The van der Waals surface area contributed by atoms with E-state index in [-0.39, 0.29) is 5.41 Å². The third-order valence-corrected chi connectivity index (χ3v) is 6.12. The number of ether oxygens (including phenoxy) is 4. The van der Waals surface area contributed by atoms with Gasteiger partial charge in [-0.3, -0.25) is 4.99 Å². The molecule has 174 valence electrons. The van der Waals surface area contributed by atoms with E-state index in [0.29, 0.717) is 0 Å². The molecule has 2 aromatic rings. The minimum atomic E-state index is 0.00545. The molecule has 0 spiro atoms. The van der Waals surface area contributed by atoms with E-state index in [2.05, 4.69) is 33.8 Å². The molecule has 0 atom stereocenters. The first-order valence-electron chi connectivity index (χ1n) is 11.0. The molecule has 1 fully saturated rings. The van der Waals surface area contributed by atoms with Crippen LogP contribution in [0.5, 0.6) is 17.2 Å². The number of methoxy groups -OCH3 is 3. The largest absolute Gasteiger partial charge is 0.497 e. The summed E-state index contributed by atoms with van der Waals surface area (Å²) in [5.74, 6) is 3.15. The summed E-state index contributed by atoms with van der Waals surface area (Å²) < 4.78 is 21.7. The maximum Gasteiger partial charge on any atom is 0.191 e. The van der Waals surface area contributed by atoms with Gasteiger partial charge >= 0.3 is 0 Å². The minimum absolute atomic E-state index is 0.00545. The van der Waals surface area contributed by atoms with Gasteiger partial charge in [-0.2, -0.15) is 0 Å². The molecule has 1 aliphatic heterocycles. The quantitative estimate of drug-likeness (QED) is 0.460. The van der Waals surface area contributed by atoms with Crippen molar-refractivity contribution in [3.05, 3.63) is 53.6 Å². The van der Waals surface area contributed by atoms with Gasteiger partial charge in [-0.05, 0) is 54.7 Å². The Morgan fingerprint density at radius 2 is 1.66 bits per heavy atom. The Morgan fingerprint density at radius 1 is 0.938 bits per heavy atom. The summed E-state index contributed by atoms with van der Waals surface area (Å²) in [4.78, 5) is 4.42. The molecule has 0 saturated carbocycles. The summed E-state index contributed by atoms with van der Waals surface area (Å²) >= 11 is 0. The van der Waals surface area contributed by atoms with Crippen molar-refractivity contribution in [1.82, 2.24) is 10.6 Å². The van der Waals surface area contributed by atoms with Crippen LogP contribution in [0.15, 0.2) is 47.5 Å². The predicted octanol–water partition coefficient (Wildman–Crippen LogP) is 3.17. The highest BCUT2D eigenvalue weighted by Gasteiger charge is 2.34. The number of hydrogen-bond donors (Lipinski definition) is 2. The van der Waals surface area contributed by atoms with Gasteiger partial charge in [0.1, 0.15) is 5.75 Å². The van der Waals surface area contributed by atoms with E-state index < -0.39 is 0 Å². The number of rotatable bonds is 9. The lowest BCUT2D eigenvalue weighted by Crippen LogP contribution is -2.48.